The number of carbonyl (C=O) groups excluding carboxylic acids is 2. The molecule has 5 N–H and O–H groups in total. The summed E-state index contributed by atoms with van der Waals surface area (Å²) in [5.74, 6) is 6.14. The molecule has 0 bridgehead atoms. The van der Waals surface area contributed by atoms with Gasteiger partial charge in [-0.05, 0) is 38.5 Å². The summed E-state index contributed by atoms with van der Waals surface area (Å²) in [4.78, 5) is 38.6. The van der Waals surface area contributed by atoms with Crippen molar-refractivity contribution < 1.29 is 29.3 Å². The molecule has 36 heavy (non-hydrogen) atoms. The number of hydrogen-bond acceptors (Lipinski definition) is 10. The van der Waals surface area contributed by atoms with Crippen molar-refractivity contribution in [3.8, 4) is 11.8 Å². The molecule has 4 heterocycles. The predicted octanol–water partition coefficient (Wildman–Crippen LogP) is -0.226. The van der Waals surface area contributed by atoms with Gasteiger partial charge in [-0.15, -0.1) is 0 Å². The van der Waals surface area contributed by atoms with E-state index in [4.69, 9.17) is 15.2 Å². The summed E-state index contributed by atoms with van der Waals surface area (Å²) in [5.41, 5.74) is 6.62. The monoisotopic (exact) mass is 501 g/mol. The Kier molecular flexibility index (Phi) is 7.88. The number of imidazole rings is 1. The van der Waals surface area contributed by atoms with Crippen molar-refractivity contribution in [2.24, 2.45) is 5.92 Å². The molecule has 2 fully saturated rings. The minimum Gasteiger partial charge on any atom is -0.450 e. The van der Waals surface area contributed by atoms with Crippen molar-refractivity contribution in [1.29, 1.82) is 0 Å². The molecule has 2 aliphatic heterocycles. The second kappa shape index (κ2) is 11.1. The molecule has 13 heteroatoms. The van der Waals surface area contributed by atoms with Gasteiger partial charge in [-0.3, -0.25) is 9.36 Å². The van der Waals surface area contributed by atoms with Crippen molar-refractivity contribution in [3.05, 3.63) is 12.2 Å². The Hall–Kier alpha value is -3.47. The maximum Gasteiger partial charge on any atom is 0.409 e. The Morgan fingerprint density at radius 3 is 2.69 bits per heavy atom. The van der Waals surface area contributed by atoms with Crippen LogP contribution in [0, 0.1) is 17.8 Å². The largest absolute Gasteiger partial charge is 0.450 e. The van der Waals surface area contributed by atoms with Gasteiger partial charge >= 0.3 is 6.09 Å². The molecule has 0 unspecified atom stereocenters. The van der Waals surface area contributed by atoms with Gasteiger partial charge in [0.15, 0.2) is 23.8 Å². The van der Waals surface area contributed by atoms with E-state index in [1.54, 1.807) is 18.7 Å². The van der Waals surface area contributed by atoms with Crippen LogP contribution in [0.5, 0.6) is 0 Å². The van der Waals surface area contributed by atoms with E-state index >= 15 is 0 Å². The van der Waals surface area contributed by atoms with Crippen LogP contribution in [-0.2, 0) is 14.3 Å². The Bertz CT molecular complexity index is 1170. The highest BCUT2D eigenvalue weighted by Crippen LogP contribution is 2.32. The van der Waals surface area contributed by atoms with Crippen molar-refractivity contribution in [2.45, 2.75) is 57.6 Å². The summed E-state index contributed by atoms with van der Waals surface area (Å²) in [5, 5.41) is 23.5. The van der Waals surface area contributed by atoms with Crippen molar-refractivity contribution in [1.82, 2.24) is 29.7 Å². The Balaban J connectivity index is 1.47. The van der Waals surface area contributed by atoms with Crippen molar-refractivity contribution >= 4 is 29.0 Å². The number of piperidine rings is 1. The first-order valence-corrected chi connectivity index (χ1v) is 12.0. The summed E-state index contributed by atoms with van der Waals surface area (Å²) in [6.45, 7) is 5.51. The van der Waals surface area contributed by atoms with Gasteiger partial charge in [0.05, 0.1) is 12.9 Å². The summed E-state index contributed by atoms with van der Waals surface area (Å²) in [6, 6.07) is 0. The van der Waals surface area contributed by atoms with Gasteiger partial charge in [0.1, 0.15) is 17.7 Å². The average molecular weight is 502 g/mol. The fourth-order valence-corrected chi connectivity index (χ4v) is 4.37. The molecule has 4 rings (SSSR count). The van der Waals surface area contributed by atoms with Crippen LogP contribution in [0.1, 0.15) is 45.2 Å². The zero-order valence-corrected chi connectivity index (χ0v) is 20.3. The lowest BCUT2D eigenvalue weighted by molar-refractivity contribution is -0.137. The average Bonchev–Trinajstić information content (AvgIpc) is 3.41. The number of carbonyl (C=O) groups is 2. The summed E-state index contributed by atoms with van der Waals surface area (Å²) in [6.07, 6.45) is -1.80. The number of anilines is 1. The zero-order chi connectivity index (χ0) is 25.8. The van der Waals surface area contributed by atoms with E-state index in [9.17, 15) is 19.8 Å². The molecule has 2 aromatic rings. The third-order valence-electron chi connectivity index (χ3n) is 6.30. The Morgan fingerprint density at radius 1 is 1.25 bits per heavy atom. The first kappa shape index (κ1) is 25.6. The fourth-order valence-electron chi connectivity index (χ4n) is 4.37. The van der Waals surface area contributed by atoms with E-state index in [0.717, 1.165) is 12.8 Å². The molecule has 194 valence electrons. The van der Waals surface area contributed by atoms with E-state index in [1.807, 2.05) is 0 Å². The Morgan fingerprint density at radius 2 is 2.00 bits per heavy atom. The lowest BCUT2D eigenvalue weighted by Crippen LogP contribution is -2.42. The predicted molar refractivity (Wildman–Crippen MR) is 127 cm³/mol. The number of nitrogens with zero attached hydrogens (tertiary/aromatic N) is 5. The van der Waals surface area contributed by atoms with Crippen LogP contribution in [0.3, 0.4) is 0 Å². The van der Waals surface area contributed by atoms with Crippen LogP contribution >= 0.6 is 0 Å². The van der Waals surface area contributed by atoms with Gasteiger partial charge in [0.25, 0.3) is 5.91 Å². The summed E-state index contributed by atoms with van der Waals surface area (Å²) >= 11 is 0. The molecule has 2 aromatic heterocycles. The number of nitrogens with one attached hydrogen (secondary N) is 1. The number of likely N-dealkylation sites (tertiary alicyclic amines) is 1. The highest BCUT2D eigenvalue weighted by molar-refractivity contribution is 5.83. The molecule has 0 saturated carbocycles. The van der Waals surface area contributed by atoms with Crippen LogP contribution in [0.25, 0.3) is 11.2 Å². The molecule has 13 nitrogen and oxygen atoms in total. The van der Waals surface area contributed by atoms with Crippen LogP contribution in [0.15, 0.2) is 6.33 Å². The summed E-state index contributed by atoms with van der Waals surface area (Å²) in [7, 11) is 0. The quantitative estimate of drug-likeness (QED) is 0.400. The normalized spacial score (nSPS) is 24.4. The number of aromatic nitrogens is 4. The minimum absolute atomic E-state index is 0.110. The van der Waals surface area contributed by atoms with E-state index < -0.39 is 30.4 Å². The topological polar surface area (TPSA) is 178 Å². The van der Waals surface area contributed by atoms with E-state index in [0.29, 0.717) is 44.1 Å². The van der Waals surface area contributed by atoms with Gasteiger partial charge in [-0.25, -0.2) is 19.7 Å². The molecule has 0 aliphatic carbocycles. The number of rotatable bonds is 5. The number of aliphatic hydroxyl groups is 2. The van der Waals surface area contributed by atoms with E-state index in [2.05, 4.69) is 32.1 Å². The number of hydrogen-bond donors (Lipinski definition) is 4. The molecule has 2 aliphatic rings. The number of nitrogen functional groups attached to an aromatic ring is 1. The van der Waals surface area contributed by atoms with Crippen LogP contribution in [-0.4, -0.2) is 91.2 Å². The first-order valence-electron chi connectivity index (χ1n) is 12.0. The molecule has 4 atom stereocenters. The van der Waals surface area contributed by atoms with Crippen LogP contribution in [0.2, 0.25) is 0 Å². The van der Waals surface area contributed by atoms with E-state index in [-0.39, 0.29) is 23.4 Å². The molecular weight excluding hydrogens is 470 g/mol. The number of aliphatic hydroxyl groups excluding tert-OH is 2. The zero-order valence-electron chi connectivity index (χ0n) is 20.3. The third-order valence-corrected chi connectivity index (χ3v) is 6.30. The van der Waals surface area contributed by atoms with Crippen LogP contribution < -0.4 is 11.1 Å². The van der Waals surface area contributed by atoms with Gasteiger partial charge in [0, 0.05) is 26.1 Å². The first-order chi connectivity index (χ1) is 17.3. The maximum atomic E-state index is 12.2. The van der Waals surface area contributed by atoms with E-state index in [1.165, 1.54) is 10.9 Å². The standard InChI is InChI=1S/C23H31N7O6/c1-3-25-21(33)18-16(31)17(32)22(36-18)30-12-26-15-19(24)27-14(28-20(15)30)7-5-6-13-8-10-29(11-9-13)23(34)35-4-2/h12-13,16-18,22,31-32H,3-4,6,8-11H2,1-2H3,(H,25,33)(H2,24,27,28)/t16-,17+,18-,22+/m0/s1. The number of fused-ring (bicyclic) bond motifs is 1. The lowest BCUT2D eigenvalue weighted by Gasteiger charge is -2.30. The molecular formula is C23H31N7O6. The maximum absolute atomic E-state index is 12.2. The van der Waals surface area contributed by atoms with Gasteiger partial charge in [-0.2, -0.15) is 0 Å². The minimum atomic E-state index is -1.42. The molecule has 0 radical (unpaired) electrons. The summed E-state index contributed by atoms with van der Waals surface area (Å²) < 4.78 is 12.1. The number of amides is 2. The van der Waals surface area contributed by atoms with Gasteiger partial charge in [-0.1, -0.05) is 5.92 Å². The van der Waals surface area contributed by atoms with Crippen LogP contribution in [0.4, 0.5) is 10.6 Å². The third kappa shape index (κ3) is 5.20. The lowest BCUT2D eigenvalue weighted by atomic mass is 9.94. The fraction of sp³-hybridized carbons (Fsp3) is 0.609. The molecule has 0 aromatic carbocycles. The molecule has 2 amide bonds. The number of likely N-dealkylation sites (N-methyl/N-ethyl adjacent to an activating group) is 1. The highest BCUT2D eigenvalue weighted by atomic mass is 16.6. The van der Waals surface area contributed by atoms with Crippen molar-refractivity contribution in [2.75, 3.05) is 32.0 Å². The van der Waals surface area contributed by atoms with Crippen molar-refractivity contribution in [3.63, 3.8) is 0 Å². The molecule has 2 saturated heterocycles. The second-order valence-corrected chi connectivity index (χ2v) is 8.71. The molecule has 0 spiro atoms. The number of nitrogens with two attached hydrogens (primary N) is 1. The highest BCUT2D eigenvalue weighted by Gasteiger charge is 2.47. The Labute approximate surface area is 208 Å². The van der Waals surface area contributed by atoms with Gasteiger partial charge < -0.3 is 35.6 Å². The SMILES string of the molecule is CCNC(=O)[C@H]1O[C@@H](n2cnc3c(N)nc(C#CCC4CCN(C(=O)OCC)CC4)nc32)[C@H](O)[C@@H]1O. The second-order valence-electron chi connectivity index (χ2n) is 8.71. The van der Waals surface area contributed by atoms with Gasteiger partial charge in [0.2, 0.25) is 5.82 Å². The smallest absolute Gasteiger partial charge is 0.409 e. The number of ether oxygens (including phenoxy) is 2.